The average molecular weight is 402 g/mol. The first-order chi connectivity index (χ1) is 14.0. The van der Waals surface area contributed by atoms with Gasteiger partial charge < -0.3 is 29.3 Å². The van der Waals surface area contributed by atoms with E-state index < -0.39 is 10.9 Å². The van der Waals surface area contributed by atoms with Gasteiger partial charge in [-0.1, -0.05) is 0 Å². The molecule has 3 rings (SSSR count). The van der Waals surface area contributed by atoms with Crippen molar-refractivity contribution < 1.29 is 23.6 Å². The first kappa shape index (κ1) is 20.3. The topological polar surface area (TPSA) is 122 Å². The molecule has 2 heterocycles. The molecule has 0 radical (unpaired) electrons. The number of fused-ring (bicyclic) bond motifs is 1. The number of ether oxygens (including phenoxy) is 2. The predicted octanol–water partition coefficient (Wildman–Crippen LogP) is 2.82. The highest BCUT2D eigenvalue weighted by Crippen LogP contribution is 2.29. The molecule has 0 aliphatic carbocycles. The maximum absolute atomic E-state index is 12.3. The number of hydrogen-bond acceptors (Lipinski definition) is 8. The number of nitro groups is 1. The Balaban J connectivity index is 1.78. The fraction of sp³-hybridized carbons (Fsp3) is 0.368. The van der Waals surface area contributed by atoms with Gasteiger partial charge in [0.1, 0.15) is 24.1 Å². The lowest BCUT2D eigenvalue weighted by Gasteiger charge is -2.06. The normalized spacial score (nSPS) is 11.0. The van der Waals surface area contributed by atoms with Crippen molar-refractivity contribution in [1.82, 2.24) is 14.9 Å². The SMILES string of the molecule is CCOC(=O)c1oc2cc(OC)ccc2c1CNCCn1c([N+](=O)[O-])cnc1C. The van der Waals surface area contributed by atoms with Crippen LogP contribution < -0.4 is 10.1 Å². The summed E-state index contributed by atoms with van der Waals surface area (Å²) >= 11 is 0. The second kappa shape index (κ2) is 8.74. The van der Waals surface area contributed by atoms with Gasteiger partial charge in [-0.25, -0.2) is 14.3 Å². The number of furan rings is 1. The van der Waals surface area contributed by atoms with E-state index in [1.807, 2.05) is 6.07 Å². The molecule has 1 aromatic carbocycles. The van der Waals surface area contributed by atoms with Crippen molar-refractivity contribution in [2.45, 2.75) is 26.9 Å². The average Bonchev–Trinajstić information content (AvgIpc) is 3.25. The molecule has 0 saturated carbocycles. The summed E-state index contributed by atoms with van der Waals surface area (Å²) < 4.78 is 17.6. The maximum atomic E-state index is 12.3. The highest BCUT2D eigenvalue weighted by atomic mass is 16.6. The van der Waals surface area contributed by atoms with E-state index in [4.69, 9.17) is 13.9 Å². The van der Waals surface area contributed by atoms with Crippen LogP contribution in [0.5, 0.6) is 5.75 Å². The van der Waals surface area contributed by atoms with Crippen molar-refractivity contribution in [3.63, 3.8) is 0 Å². The molecule has 1 N–H and O–H groups in total. The zero-order valence-corrected chi connectivity index (χ0v) is 16.4. The first-order valence-electron chi connectivity index (χ1n) is 9.10. The number of rotatable bonds is 9. The Kier molecular flexibility index (Phi) is 6.13. The van der Waals surface area contributed by atoms with Crippen LogP contribution in [0.15, 0.2) is 28.8 Å². The Morgan fingerprint density at radius 2 is 2.21 bits per heavy atom. The van der Waals surface area contributed by atoms with E-state index in [0.29, 0.717) is 42.4 Å². The molecule has 0 amide bonds. The summed E-state index contributed by atoms with van der Waals surface area (Å²) in [5, 5.41) is 15.1. The van der Waals surface area contributed by atoms with Crippen LogP contribution in [0.1, 0.15) is 28.9 Å². The number of carbonyl (C=O) groups is 1. The summed E-state index contributed by atoms with van der Waals surface area (Å²) in [5.41, 5.74) is 1.18. The van der Waals surface area contributed by atoms with Crippen molar-refractivity contribution in [2.24, 2.45) is 0 Å². The highest BCUT2D eigenvalue weighted by Gasteiger charge is 2.22. The van der Waals surface area contributed by atoms with Crippen molar-refractivity contribution in [2.75, 3.05) is 20.3 Å². The third kappa shape index (κ3) is 4.21. The van der Waals surface area contributed by atoms with E-state index >= 15 is 0 Å². The largest absolute Gasteiger partial charge is 0.497 e. The van der Waals surface area contributed by atoms with E-state index in [1.165, 1.54) is 10.8 Å². The number of methoxy groups -OCH3 is 1. The van der Waals surface area contributed by atoms with Crippen molar-refractivity contribution in [3.8, 4) is 5.75 Å². The predicted molar refractivity (Wildman–Crippen MR) is 104 cm³/mol. The number of hydrogen-bond donors (Lipinski definition) is 1. The van der Waals surface area contributed by atoms with Gasteiger partial charge in [0.15, 0.2) is 5.82 Å². The van der Waals surface area contributed by atoms with Gasteiger partial charge in [0.25, 0.3) is 0 Å². The van der Waals surface area contributed by atoms with E-state index in [-0.39, 0.29) is 18.2 Å². The van der Waals surface area contributed by atoms with Crippen LogP contribution in [0.3, 0.4) is 0 Å². The number of nitrogens with one attached hydrogen (secondary N) is 1. The number of nitrogens with zero attached hydrogens (tertiary/aromatic N) is 3. The van der Waals surface area contributed by atoms with E-state index in [9.17, 15) is 14.9 Å². The minimum absolute atomic E-state index is 0.0580. The minimum Gasteiger partial charge on any atom is -0.497 e. The van der Waals surface area contributed by atoms with Crippen LogP contribution in [-0.4, -0.2) is 40.7 Å². The molecule has 2 aromatic heterocycles. The van der Waals surface area contributed by atoms with Gasteiger partial charge in [0, 0.05) is 37.0 Å². The van der Waals surface area contributed by atoms with Crippen LogP contribution in [0.25, 0.3) is 11.0 Å². The molecule has 0 atom stereocenters. The quantitative estimate of drug-likeness (QED) is 0.251. The molecule has 10 heteroatoms. The summed E-state index contributed by atoms with van der Waals surface area (Å²) in [7, 11) is 1.55. The van der Waals surface area contributed by atoms with Gasteiger partial charge in [-0.2, -0.15) is 0 Å². The summed E-state index contributed by atoms with van der Waals surface area (Å²) in [5.74, 6) is 0.709. The Labute approximate surface area is 166 Å². The number of benzene rings is 1. The number of esters is 1. The van der Waals surface area contributed by atoms with Crippen LogP contribution in [-0.2, 0) is 17.8 Å². The molecule has 0 saturated heterocycles. The molecular formula is C19H22N4O6. The van der Waals surface area contributed by atoms with Gasteiger partial charge in [0.2, 0.25) is 5.76 Å². The molecule has 0 unspecified atom stereocenters. The third-order valence-electron chi connectivity index (χ3n) is 4.50. The Morgan fingerprint density at radius 1 is 1.41 bits per heavy atom. The second-order valence-electron chi connectivity index (χ2n) is 6.24. The maximum Gasteiger partial charge on any atom is 0.374 e. The molecule has 0 aliphatic heterocycles. The van der Waals surface area contributed by atoms with E-state index in [2.05, 4.69) is 10.3 Å². The smallest absolute Gasteiger partial charge is 0.374 e. The lowest BCUT2D eigenvalue weighted by Crippen LogP contribution is -2.21. The van der Waals surface area contributed by atoms with Gasteiger partial charge in [-0.3, -0.25) is 0 Å². The number of imidazole rings is 1. The van der Waals surface area contributed by atoms with Crippen molar-refractivity contribution >= 4 is 22.8 Å². The number of carbonyl (C=O) groups excluding carboxylic acids is 1. The Bertz CT molecular complexity index is 1040. The summed E-state index contributed by atoms with van der Waals surface area (Å²) in [6, 6.07) is 5.32. The minimum atomic E-state index is -0.541. The second-order valence-corrected chi connectivity index (χ2v) is 6.24. The Hall–Kier alpha value is -3.40. The fourth-order valence-electron chi connectivity index (χ4n) is 3.08. The molecular weight excluding hydrogens is 380 g/mol. The van der Waals surface area contributed by atoms with Gasteiger partial charge in [-0.05, 0) is 24.0 Å². The molecule has 154 valence electrons. The monoisotopic (exact) mass is 402 g/mol. The van der Waals surface area contributed by atoms with Crippen LogP contribution in [0, 0.1) is 17.0 Å². The van der Waals surface area contributed by atoms with E-state index in [1.54, 1.807) is 33.1 Å². The molecule has 0 spiro atoms. The molecule has 10 nitrogen and oxygen atoms in total. The summed E-state index contributed by atoms with van der Waals surface area (Å²) in [6.45, 7) is 4.79. The summed E-state index contributed by atoms with van der Waals surface area (Å²) in [6.07, 6.45) is 1.24. The summed E-state index contributed by atoms with van der Waals surface area (Å²) in [4.78, 5) is 26.9. The lowest BCUT2D eigenvalue weighted by molar-refractivity contribution is -0.392. The van der Waals surface area contributed by atoms with Gasteiger partial charge in [0.05, 0.1) is 13.7 Å². The molecule has 0 bridgehead atoms. The standard InChI is InChI=1S/C19H22N4O6/c1-4-28-19(24)18-15(14-6-5-13(27-3)9-16(14)29-18)10-20-7-8-22-12(2)21-11-17(22)23(25)26/h5-6,9,11,20H,4,7-8,10H2,1-3H3. The fourth-order valence-corrected chi connectivity index (χ4v) is 3.08. The zero-order valence-electron chi connectivity index (χ0n) is 16.4. The Morgan fingerprint density at radius 3 is 2.90 bits per heavy atom. The molecule has 0 fully saturated rings. The highest BCUT2D eigenvalue weighted by molar-refractivity contribution is 5.96. The molecule has 3 aromatic rings. The van der Waals surface area contributed by atoms with E-state index in [0.717, 1.165) is 5.39 Å². The third-order valence-corrected chi connectivity index (χ3v) is 4.50. The van der Waals surface area contributed by atoms with Gasteiger partial charge in [-0.15, -0.1) is 0 Å². The first-order valence-corrected chi connectivity index (χ1v) is 9.10. The molecule has 29 heavy (non-hydrogen) atoms. The number of aryl methyl sites for hydroxylation is 1. The van der Waals surface area contributed by atoms with Crippen LogP contribution in [0.4, 0.5) is 5.82 Å². The van der Waals surface area contributed by atoms with Gasteiger partial charge >= 0.3 is 11.8 Å². The lowest BCUT2D eigenvalue weighted by atomic mass is 10.1. The van der Waals surface area contributed by atoms with Crippen molar-refractivity contribution in [1.29, 1.82) is 0 Å². The zero-order chi connectivity index (χ0) is 21.0. The van der Waals surface area contributed by atoms with Crippen LogP contribution >= 0.6 is 0 Å². The number of aromatic nitrogens is 2. The van der Waals surface area contributed by atoms with Crippen molar-refractivity contribution in [3.05, 3.63) is 51.7 Å². The van der Waals surface area contributed by atoms with Crippen LogP contribution in [0.2, 0.25) is 0 Å². The molecule has 0 aliphatic rings.